The lowest BCUT2D eigenvalue weighted by molar-refractivity contribution is 1.04. The third-order valence-electron chi connectivity index (χ3n) is 3.13. The summed E-state index contributed by atoms with van der Waals surface area (Å²) in [6.45, 7) is 3.70. The van der Waals surface area contributed by atoms with Gasteiger partial charge in [0.05, 0.1) is 11.2 Å². The highest BCUT2D eigenvalue weighted by molar-refractivity contribution is 9.10. The predicted molar refractivity (Wildman–Crippen MR) is 89.2 cm³/mol. The van der Waals surface area contributed by atoms with Gasteiger partial charge in [-0.05, 0) is 41.9 Å². The first-order valence-electron chi connectivity index (χ1n) is 6.36. The molecule has 0 spiro atoms. The summed E-state index contributed by atoms with van der Waals surface area (Å²) in [4.78, 5) is 13.0. The van der Waals surface area contributed by atoms with Crippen molar-refractivity contribution in [3.8, 4) is 0 Å². The fraction of sp³-hybridized carbons (Fsp3) is 0.133. The SMILES string of the molecule is Cc1nc(Cl)c(C)c(Nc2cccc3cc(Br)cnc23)n1. The summed E-state index contributed by atoms with van der Waals surface area (Å²) in [6, 6.07) is 7.99. The van der Waals surface area contributed by atoms with Crippen molar-refractivity contribution in [2.24, 2.45) is 0 Å². The second-order valence-corrected chi connectivity index (χ2v) is 5.96. The van der Waals surface area contributed by atoms with Gasteiger partial charge in [0.15, 0.2) is 0 Å². The van der Waals surface area contributed by atoms with Crippen LogP contribution < -0.4 is 5.32 Å². The van der Waals surface area contributed by atoms with Crippen LogP contribution in [0.3, 0.4) is 0 Å². The van der Waals surface area contributed by atoms with Gasteiger partial charge in [0.1, 0.15) is 16.8 Å². The molecule has 0 amide bonds. The Kier molecular flexibility index (Phi) is 3.78. The number of aryl methyl sites for hydroxylation is 1. The van der Waals surface area contributed by atoms with E-state index in [0.29, 0.717) is 16.8 Å². The molecule has 0 radical (unpaired) electrons. The fourth-order valence-corrected chi connectivity index (χ4v) is 2.64. The van der Waals surface area contributed by atoms with Gasteiger partial charge in [0.25, 0.3) is 0 Å². The van der Waals surface area contributed by atoms with Gasteiger partial charge >= 0.3 is 0 Å². The van der Waals surface area contributed by atoms with Gasteiger partial charge in [-0.1, -0.05) is 23.7 Å². The molecule has 1 aromatic carbocycles. The maximum Gasteiger partial charge on any atom is 0.138 e. The number of anilines is 2. The number of rotatable bonds is 2. The summed E-state index contributed by atoms with van der Waals surface area (Å²) >= 11 is 9.54. The number of benzene rings is 1. The highest BCUT2D eigenvalue weighted by atomic mass is 79.9. The number of para-hydroxylation sites is 1. The minimum Gasteiger partial charge on any atom is -0.338 e. The maximum absolute atomic E-state index is 6.11. The number of halogens is 2. The van der Waals surface area contributed by atoms with Gasteiger partial charge < -0.3 is 5.32 Å². The Balaban J connectivity index is 2.10. The number of aromatic nitrogens is 3. The lowest BCUT2D eigenvalue weighted by Gasteiger charge is -2.12. The summed E-state index contributed by atoms with van der Waals surface area (Å²) in [5.41, 5.74) is 2.58. The Morgan fingerprint density at radius 3 is 2.81 bits per heavy atom. The van der Waals surface area contributed by atoms with Crippen molar-refractivity contribution in [3.63, 3.8) is 0 Å². The van der Waals surface area contributed by atoms with Crippen LogP contribution in [0.5, 0.6) is 0 Å². The van der Waals surface area contributed by atoms with Crippen LogP contribution in [-0.2, 0) is 0 Å². The molecule has 0 saturated heterocycles. The van der Waals surface area contributed by atoms with Crippen molar-refractivity contribution in [3.05, 3.63) is 51.5 Å². The van der Waals surface area contributed by atoms with Crippen LogP contribution in [0.1, 0.15) is 11.4 Å². The molecule has 0 unspecified atom stereocenters. The van der Waals surface area contributed by atoms with Crippen LogP contribution in [0.25, 0.3) is 10.9 Å². The average molecular weight is 364 g/mol. The average Bonchev–Trinajstić information content (AvgIpc) is 2.44. The van der Waals surface area contributed by atoms with Crippen LogP contribution >= 0.6 is 27.5 Å². The third kappa shape index (κ3) is 2.84. The van der Waals surface area contributed by atoms with E-state index in [1.165, 1.54) is 0 Å². The smallest absolute Gasteiger partial charge is 0.138 e. The van der Waals surface area contributed by atoms with Gasteiger partial charge in [-0.15, -0.1) is 0 Å². The molecule has 0 bridgehead atoms. The lowest BCUT2D eigenvalue weighted by Crippen LogP contribution is -2.02. The van der Waals surface area contributed by atoms with E-state index in [0.717, 1.165) is 26.6 Å². The summed E-state index contributed by atoms with van der Waals surface area (Å²) in [7, 11) is 0. The topological polar surface area (TPSA) is 50.7 Å². The van der Waals surface area contributed by atoms with E-state index >= 15 is 0 Å². The quantitative estimate of drug-likeness (QED) is 0.664. The van der Waals surface area contributed by atoms with Gasteiger partial charge in [0.2, 0.25) is 0 Å². The highest BCUT2D eigenvalue weighted by Gasteiger charge is 2.10. The highest BCUT2D eigenvalue weighted by Crippen LogP contribution is 2.28. The molecule has 21 heavy (non-hydrogen) atoms. The molecule has 0 aliphatic heterocycles. The molecule has 6 heteroatoms. The maximum atomic E-state index is 6.11. The second kappa shape index (κ2) is 5.58. The Morgan fingerprint density at radius 1 is 1.19 bits per heavy atom. The molecular weight excluding hydrogens is 352 g/mol. The number of hydrogen-bond acceptors (Lipinski definition) is 4. The van der Waals surface area contributed by atoms with Crippen LogP contribution in [0, 0.1) is 13.8 Å². The largest absolute Gasteiger partial charge is 0.338 e. The van der Waals surface area contributed by atoms with Crippen LogP contribution in [0.2, 0.25) is 5.15 Å². The van der Waals surface area contributed by atoms with E-state index < -0.39 is 0 Å². The number of nitrogens with zero attached hydrogens (tertiary/aromatic N) is 3. The zero-order valence-electron chi connectivity index (χ0n) is 11.5. The number of pyridine rings is 1. The number of hydrogen-bond donors (Lipinski definition) is 1. The first-order chi connectivity index (χ1) is 10.0. The normalized spacial score (nSPS) is 10.9. The molecule has 3 rings (SSSR count). The Labute approximate surface area is 135 Å². The molecule has 106 valence electrons. The molecule has 3 aromatic rings. The lowest BCUT2D eigenvalue weighted by atomic mass is 10.2. The summed E-state index contributed by atoms with van der Waals surface area (Å²) in [5, 5.41) is 4.81. The monoisotopic (exact) mass is 362 g/mol. The standard InChI is InChI=1S/C15H12BrClN4/c1-8-14(17)19-9(2)20-15(8)21-12-5-3-4-10-6-11(16)7-18-13(10)12/h3-7H,1-2H3,(H,19,20,21). The molecule has 0 fully saturated rings. The fourth-order valence-electron chi connectivity index (χ4n) is 2.08. The molecule has 4 nitrogen and oxygen atoms in total. The molecular formula is C15H12BrClN4. The van der Waals surface area contributed by atoms with Crippen molar-refractivity contribution in [2.75, 3.05) is 5.32 Å². The van der Waals surface area contributed by atoms with E-state index in [4.69, 9.17) is 11.6 Å². The molecule has 0 atom stereocenters. The van der Waals surface area contributed by atoms with E-state index in [-0.39, 0.29) is 0 Å². The predicted octanol–water partition coefficient (Wildman–Crippen LogP) is 4.80. The van der Waals surface area contributed by atoms with Crippen LogP contribution in [0.15, 0.2) is 34.9 Å². The van der Waals surface area contributed by atoms with Crippen molar-refractivity contribution in [1.82, 2.24) is 15.0 Å². The van der Waals surface area contributed by atoms with Crippen LogP contribution in [-0.4, -0.2) is 15.0 Å². The van der Waals surface area contributed by atoms with Gasteiger partial charge in [-0.25, -0.2) is 9.97 Å². The molecule has 2 aromatic heterocycles. The first-order valence-corrected chi connectivity index (χ1v) is 7.54. The molecule has 0 aliphatic rings. The summed E-state index contributed by atoms with van der Waals surface area (Å²) in [6.07, 6.45) is 1.78. The Bertz CT molecular complexity index is 835. The first kappa shape index (κ1) is 14.2. The molecule has 2 heterocycles. The van der Waals surface area contributed by atoms with Crippen molar-refractivity contribution in [1.29, 1.82) is 0 Å². The summed E-state index contributed by atoms with van der Waals surface area (Å²) < 4.78 is 0.948. The summed E-state index contributed by atoms with van der Waals surface area (Å²) in [5.74, 6) is 1.33. The van der Waals surface area contributed by atoms with Gasteiger partial charge in [-0.3, -0.25) is 4.98 Å². The van der Waals surface area contributed by atoms with Gasteiger partial charge in [-0.2, -0.15) is 0 Å². The van der Waals surface area contributed by atoms with Crippen LogP contribution in [0.4, 0.5) is 11.5 Å². The number of fused-ring (bicyclic) bond motifs is 1. The second-order valence-electron chi connectivity index (χ2n) is 4.69. The van der Waals surface area contributed by atoms with Gasteiger partial charge in [0, 0.05) is 21.6 Å². The Morgan fingerprint density at radius 2 is 2.00 bits per heavy atom. The molecule has 0 aliphatic carbocycles. The van der Waals surface area contributed by atoms with Crippen molar-refractivity contribution >= 4 is 49.9 Å². The molecule has 1 N–H and O–H groups in total. The van der Waals surface area contributed by atoms with E-state index in [1.54, 1.807) is 6.20 Å². The van der Waals surface area contributed by atoms with Crippen molar-refractivity contribution < 1.29 is 0 Å². The van der Waals surface area contributed by atoms with Crippen molar-refractivity contribution in [2.45, 2.75) is 13.8 Å². The zero-order valence-corrected chi connectivity index (χ0v) is 13.8. The number of nitrogens with one attached hydrogen (secondary N) is 1. The minimum atomic E-state index is 0.459. The van der Waals surface area contributed by atoms with E-state index in [9.17, 15) is 0 Å². The zero-order chi connectivity index (χ0) is 15.0. The van der Waals surface area contributed by atoms with E-state index in [2.05, 4.69) is 36.2 Å². The molecule has 0 saturated carbocycles. The van der Waals surface area contributed by atoms with E-state index in [1.807, 2.05) is 38.1 Å². The Hall–Kier alpha value is -1.72. The minimum absolute atomic E-state index is 0.459. The third-order valence-corrected chi connectivity index (χ3v) is 3.93.